The topological polar surface area (TPSA) is 54.0 Å². The standard InChI is InChI=1S/C41H62O5Si2/c1-31(29-42)38(44-28-27-34-23-25-35(43-10)26-24-34)33(3)39(46-47(11,12)40(4,5)6)32(2)30-45-48(41(7,8)9,36-19-15-13-16-20-36)37-21-17-14-18-22-37/h13-26,29,31-33,38-39H,27-28,30H2,1-12H3/t31-,32-,33+,38-,39-/m0/s1. The number of methoxy groups -OCH3 is 1. The van der Waals surface area contributed by atoms with E-state index in [0.29, 0.717) is 13.2 Å². The summed E-state index contributed by atoms with van der Waals surface area (Å²) in [4.78, 5) is 12.3. The summed E-state index contributed by atoms with van der Waals surface area (Å²) in [6, 6.07) is 29.7. The van der Waals surface area contributed by atoms with Crippen LogP contribution in [0.3, 0.4) is 0 Å². The number of rotatable bonds is 17. The molecule has 0 saturated heterocycles. The third kappa shape index (κ3) is 9.57. The molecule has 48 heavy (non-hydrogen) atoms. The molecule has 5 atom stereocenters. The highest BCUT2D eigenvalue weighted by atomic mass is 28.4. The molecule has 0 aromatic heterocycles. The maximum atomic E-state index is 12.3. The van der Waals surface area contributed by atoms with Crippen LogP contribution in [0.25, 0.3) is 0 Å². The van der Waals surface area contributed by atoms with E-state index in [4.69, 9.17) is 18.3 Å². The quantitative estimate of drug-likeness (QED) is 0.105. The summed E-state index contributed by atoms with van der Waals surface area (Å²) in [7, 11) is -3.29. The van der Waals surface area contributed by atoms with Gasteiger partial charge in [0.25, 0.3) is 8.32 Å². The van der Waals surface area contributed by atoms with Gasteiger partial charge in [0, 0.05) is 24.4 Å². The molecule has 0 fully saturated rings. The van der Waals surface area contributed by atoms with Crippen molar-refractivity contribution in [2.75, 3.05) is 20.3 Å². The van der Waals surface area contributed by atoms with E-state index in [9.17, 15) is 4.79 Å². The first-order valence-electron chi connectivity index (χ1n) is 17.6. The smallest absolute Gasteiger partial charge is 0.261 e. The predicted molar refractivity (Wildman–Crippen MR) is 206 cm³/mol. The lowest BCUT2D eigenvalue weighted by Gasteiger charge is -2.47. The van der Waals surface area contributed by atoms with Gasteiger partial charge in [0.05, 0.1) is 25.9 Å². The number of ether oxygens (including phenoxy) is 2. The minimum atomic E-state index is -2.75. The molecule has 0 aliphatic heterocycles. The molecule has 264 valence electrons. The van der Waals surface area contributed by atoms with Crippen molar-refractivity contribution in [3.05, 3.63) is 90.5 Å². The van der Waals surface area contributed by atoms with Crippen molar-refractivity contribution in [2.24, 2.45) is 17.8 Å². The summed E-state index contributed by atoms with van der Waals surface area (Å²) in [5.41, 5.74) is 1.17. The molecule has 5 nitrogen and oxygen atoms in total. The summed E-state index contributed by atoms with van der Waals surface area (Å²) >= 11 is 0. The monoisotopic (exact) mass is 690 g/mol. The number of benzene rings is 3. The normalized spacial score (nSPS) is 16.1. The predicted octanol–water partition coefficient (Wildman–Crippen LogP) is 8.70. The Morgan fingerprint density at radius 1 is 0.729 bits per heavy atom. The van der Waals surface area contributed by atoms with E-state index < -0.39 is 16.6 Å². The lowest BCUT2D eigenvalue weighted by Crippen LogP contribution is -2.67. The zero-order chi connectivity index (χ0) is 35.8. The molecule has 0 amide bonds. The molecule has 0 radical (unpaired) electrons. The molecule has 3 rings (SSSR count). The first-order chi connectivity index (χ1) is 22.5. The highest BCUT2D eigenvalue weighted by Gasteiger charge is 2.51. The second-order valence-electron chi connectivity index (χ2n) is 16.1. The fraction of sp³-hybridized carbons (Fsp3) is 0.537. The van der Waals surface area contributed by atoms with Crippen molar-refractivity contribution in [3.63, 3.8) is 0 Å². The van der Waals surface area contributed by atoms with E-state index in [0.717, 1.165) is 18.5 Å². The Balaban J connectivity index is 1.98. The highest BCUT2D eigenvalue weighted by Crippen LogP contribution is 2.41. The van der Waals surface area contributed by atoms with Crippen LogP contribution in [0.2, 0.25) is 23.2 Å². The lowest BCUT2D eigenvalue weighted by atomic mass is 9.84. The summed E-state index contributed by atoms with van der Waals surface area (Å²) < 4.78 is 26.7. The van der Waals surface area contributed by atoms with Gasteiger partial charge in [0.1, 0.15) is 12.0 Å². The van der Waals surface area contributed by atoms with Crippen LogP contribution in [0.4, 0.5) is 0 Å². The number of carbonyl (C=O) groups is 1. The summed E-state index contributed by atoms with van der Waals surface area (Å²) in [6.45, 7) is 25.9. The van der Waals surface area contributed by atoms with Crippen molar-refractivity contribution >= 4 is 33.3 Å². The fourth-order valence-electron chi connectivity index (χ4n) is 6.52. The number of aldehydes is 1. The van der Waals surface area contributed by atoms with Gasteiger partial charge in [-0.1, -0.05) is 135 Å². The molecular weight excluding hydrogens is 629 g/mol. The zero-order valence-electron chi connectivity index (χ0n) is 31.7. The Kier molecular flexibility index (Phi) is 14.0. The maximum Gasteiger partial charge on any atom is 0.261 e. The van der Waals surface area contributed by atoms with Gasteiger partial charge in [0.2, 0.25) is 0 Å². The van der Waals surface area contributed by atoms with Crippen molar-refractivity contribution in [3.8, 4) is 5.75 Å². The largest absolute Gasteiger partial charge is 0.497 e. The van der Waals surface area contributed by atoms with Crippen LogP contribution in [-0.2, 0) is 24.8 Å². The first kappa shape index (κ1) is 39.9. The third-order valence-electron chi connectivity index (χ3n) is 10.4. The number of hydrogen-bond acceptors (Lipinski definition) is 5. The minimum Gasteiger partial charge on any atom is -0.497 e. The van der Waals surface area contributed by atoms with Crippen LogP contribution in [0, 0.1) is 17.8 Å². The Hall–Kier alpha value is -2.56. The second-order valence-corrected chi connectivity index (χ2v) is 25.1. The molecule has 3 aromatic rings. The third-order valence-corrected chi connectivity index (χ3v) is 19.9. The van der Waals surface area contributed by atoms with Gasteiger partial charge in [-0.15, -0.1) is 0 Å². The van der Waals surface area contributed by atoms with Crippen LogP contribution in [0.5, 0.6) is 5.75 Å². The molecule has 0 heterocycles. The first-order valence-corrected chi connectivity index (χ1v) is 22.4. The summed E-state index contributed by atoms with van der Waals surface area (Å²) in [5, 5.41) is 2.42. The molecule has 0 saturated carbocycles. The van der Waals surface area contributed by atoms with E-state index in [1.807, 2.05) is 19.1 Å². The van der Waals surface area contributed by atoms with Gasteiger partial charge < -0.3 is 23.1 Å². The van der Waals surface area contributed by atoms with Gasteiger partial charge in [0.15, 0.2) is 8.32 Å². The van der Waals surface area contributed by atoms with Crippen LogP contribution in [-0.4, -0.2) is 55.5 Å². The molecule has 0 bridgehead atoms. The van der Waals surface area contributed by atoms with Gasteiger partial charge in [-0.3, -0.25) is 0 Å². The maximum absolute atomic E-state index is 12.3. The van der Waals surface area contributed by atoms with Gasteiger partial charge in [-0.2, -0.15) is 0 Å². The van der Waals surface area contributed by atoms with Gasteiger partial charge in [-0.25, -0.2) is 0 Å². The SMILES string of the molecule is COc1ccc(CCO[C@H]([C@@H](C)[C@@H](O[Si](C)(C)C(C)(C)C)[C@@H](C)CO[Si](c2ccccc2)(c2ccccc2)C(C)(C)C)[C@@H](C)C=O)cc1. The Labute approximate surface area is 294 Å². The van der Waals surface area contributed by atoms with E-state index in [1.165, 1.54) is 15.9 Å². The van der Waals surface area contributed by atoms with Crippen molar-refractivity contribution in [1.82, 2.24) is 0 Å². The molecule has 0 aliphatic rings. The fourth-order valence-corrected chi connectivity index (χ4v) is 12.7. The molecular formula is C41H62O5Si2. The van der Waals surface area contributed by atoms with Crippen molar-refractivity contribution in [2.45, 2.75) is 104 Å². The average molecular weight is 691 g/mol. The lowest BCUT2D eigenvalue weighted by molar-refractivity contribution is -0.120. The second kappa shape index (κ2) is 16.9. The van der Waals surface area contributed by atoms with Crippen LogP contribution < -0.4 is 15.1 Å². The van der Waals surface area contributed by atoms with Crippen LogP contribution >= 0.6 is 0 Å². The Bertz CT molecular complexity index is 1340. The number of carbonyl (C=O) groups excluding carboxylic acids is 1. The Morgan fingerprint density at radius 3 is 1.69 bits per heavy atom. The van der Waals surface area contributed by atoms with Gasteiger partial charge in [-0.05, 0) is 57.7 Å². The molecule has 7 heteroatoms. The molecule has 0 spiro atoms. The summed E-state index contributed by atoms with van der Waals surface area (Å²) in [5.74, 6) is 0.544. The number of hydrogen-bond donors (Lipinski definition) is 0. The molecule has 0 aliphatic carbocycles. The highest BCUT2D eigenvalue weighted by molar-refractivity contribution is 6.99. The summed E-state index contributed by atoms with van der Waals surface area (Å²) in [6.07, 6.45) is 1.31. The van der Waals surface area contributed by atoms with Crippen molar-refractivity contribution in [1.29, 1.82) is 0 Å². The molecule has 0 unspecified atom stereocenters. The molecule has 0 N–H and O–H groups in total. The van der Waals surface area contributed by atoms with E-state index in [1.54, 1.807) is 7.11 Å². The Morgan fingerprint density at radius 2 is 1.25 bits per heavy atom. The van der Waals surface area contributed by atoms with Crippen LogP contribution in [0.15, 0.2) is 84.9 Å². The van der Waals surface area contributed by atoms with Crippen molar-refractivity contribution < 1.29 is 23.1 Å². The van der Waals surface area contributed by atoms with E-state index >= 15 is 0 Å². The zero-order valence-corrected chi connectivity index (χ0v) is 33.7. The molecule has 3 aromatic carbocycles. The van der Waals surface area contributed by atoms with Crippen LogP contribution in [0.1, 0.15) is 67.9 Å². The van der Waals surface area contributed by atoms with E-state index in [-0.39, 0.29) is 40.0 Å². The van der Waals surface area contributed by atoms with Gasteiger partial charge >= 0.3 is 0 Å². The average Bonchev–Trinajstić information content (AvgIpc) is 3.05. The van der Waals surface area contributed by atoms with E-state index in [2.05, 4.69) is 141 Å². The minimum absolute atomic E-state index is 0.0184.